The summed E-state index contributed by atoms with van der Waals surface area (Å²) >= 11 is 7.05. The van der Waals surface area contributed by atoms with Crippen LogP contribution in [0.3, 0.4) is 0 Å². The van der Waals surface area contributed by atoms with Crippen LogP contribution in [0.2, 0.25) is 0 Å². The molecule has 4 atom stereocenters. The van der Waals surface area contributed by atoms with E-state index >= 15 is 0 Å². The Bertz CT molecular complexity index is 3070. The SMILES string of the molecule is Cc1ccc(S(=O)(=O)[C@@H]2C/C(=C\Br)c3ccc4ccccc4c3[C@H]2c2ccccc2)cc1.Cc1ccc(S(=O)(=O)[C@H]2C/C(=C\Br)c3ccc4ccccc4c3[C@@H]2c2ccccc2)cc1. The lowest BCUT2D eigenvalue weighted by Gasteiger charge is -2.36. The van der Waals surface area contributed by atoms with Crippen LogP contribution in [0.5, 0.6) is 0 Å². The fourth-order valence-corrected chi connectivity index (χ4v) is 14.5. The number of hydrogen-bond acceptors (Lipinski definition) is 4. The van der Waals surface area contributed by atoms with Gasteiger partial charge in [-0.3, -0.25) is 0 Å². The molecule has 0 spiro atoms. The number of rotatable bonds is 6. The highest BCUT2D eigenvalue weighted by molar-refractivity contribution is 9.11. The highest BCUT2D eigenvalue weighted by Crippen LogP contribution is 2.51. The van der Waals surface area contributed by atoms with Gasteiger partial charge in [0, 0.05) is 11.8 Å². The van der Waals surface area contributed by atoms with Crippen molar-refractivity contribution in [3.63, 3.8) is 0 Å². The number of hydrogen-bond donors (Lipinski definition) is 0. The third-order valence-corrected chi connectivity index (χ3v) is 18.4. The lowest BCUT2D eigenvalue weighted by atomic mass is 9.74. The van der Waals surface area contributed by atoms with Gasteiger partial charge in [0.15, 0.2) is 19.7 Å². The van der Waals surface area contributed by atoms with Crippen LogP contribution < -0.4 is 0 Å². The molecular weight excluding hydrogens is 961 g/mol. The van der Waals surface area contributed by atoms with Gasteiger partial charge in [0.05, 0.1) is 20.3 Å². The smallest absolute Gasteiger partial charge is 0.182 e. The van der Waals surface area contributed by atoms with E-state index in [1.165, 1.54) is 0 Å². The van der Waals surface area contributed by atoms with Gasteiger partial charge < -0.3 is 0 Å². The number of benzene rings is 8. The predicted molar refractivity (Wildman–Crippen MR) is 272 cm³/mol. The quantitative estimate of drug-likeness (QED) is 0.166. The fraction of sp³-hybridized carbons (Fsp3) is 0.143. The molecule has 8 aromatic rings. The number of halogens is 2. The summed E-state index contributed by atoms with van der Waals surface area (Å²) in [5.41, 5.74) is 10.6. The molecule has 64 heavy (non-hydrogen) atoms. The van der Waals surface area contributed by atoms with Crippen molar-refractivity contribution in [3.05, 3.63) is 236 Å². The summed E-state index contributed by atoms with van der Waals surface area (Å²) in [5, 5.41) is 3.25. The van der Waals surface area contributed by atoms with E-state index in [0.29, 0.717) is 22.6 Å². The first-order valence-electron chi connectivity index (χ1n) is 21.3. The summed E-state index contributed by atoms with van der Waals surface area (Å²) in [6.07, 6.45) is 0.902. The minimum atomic E-state index is -3.59. The van der Waals surface area contributed by atoms with Crippen LogP contribution in [0.15, 0.2) is 202 Å². The molecule has 0 unspecified atom stereocenters. The second-order valence-corrected chi connectivity index (χ2v) is 22.0. The molecule has 0 fully saturated rings. The Balaban J connectivity index is 0.000000162. The monoisotopic (exact) mass is 1000 g/mol. The van der Waals surface area contributed by atoms with Crippen LogP contribution in [0.25, 0.3) is 32.7 Å². The first-order valence-corrected chi connectivity index (χ1v) is 26.3. The van der Waals surface area contributed by atoms with Crippen molar-refractivity contribution >= 4 is 84.2 Å². The molecule has 0 amide bonds. The van der Waals surface area contributed by atoms with Crippen LogP contribution in [0.1, 0.15) is 69.2 Å². The maximum absolute atomic E-state index is 14.0. The van der Waals surface area contributed by atoms with Crippen LogP contribution >= 0.6 is 31.9 Å². The van der Waals surface area contributed by atoms with Crippen LogP contribution in [-0.2, 0) is 19.7 Å². The molecule has 0 radical (unpaired) electrons. The first kappa shape index (κ1) is 43.9. The fourth-order valence-electron chi connectivity index (χ4n) is 9.76. The Hall–Kier alpha value is -5.38. The van der Waals surface area contributed by atoms with Crippen molar-refractivity contribution in [1.29, 1.82) is 0 Å². The Morgan fingerprint density at radius 2 is 0.766 bits per heavy atom. The van der Waals surface area contributed by atoms with E-state index in [1.54, 1.807) is 24.3 Å². The lowest BCUT2D eigenvalue weighted by Crippen LogP contribution is -2.33. The second-order valence-electron chi connectivity index (χ2n) is 16.7. The van der Waals surface area contributed by atoms with Gasteiger partial charge >= 0.3 is 0 Å². The minimum absolute atomic E-state index is 0.264. The van der Waals surface area contributed by atoms with Gasteiger partial charge in [0.25, 0.3) is 0 Å². The molecule has 8 heteroatoms. The van der Waals surface area contributed by atoms with E-state index in [0.717, 1.165) is 77.2 Å². The van der Waals surface area contributed by atoms with Crippen molar-refractivity contribution in [3.8, 4) is 0 Å². The highest BCUT2D eigenvalue weighted by Gasteiger charge is 2.44. The zero-order valence-electron chi connectivity index (χ0n) is 35.4. The van der Waals surface area contributed by atoms with Crippen LogP contribution in [-0.4, -0.2) is 27.3 Å². The predicted octanol–water partition coefficient (Wildman–Crippen LogP) is 14.5. The Morgan fingerprint density at radius 1 is 0.422 bits per heavy atom. The third-order valence-electron chi connectivity index (χ3n) is 12.9. The Morgan fingerprint density at radius 3 is 1.12 bits per heavy atom. The number of allylic oxidation sites excluding steroid dienone is 2. The molecule has 0 N–H and O–H groups in total. The second kappa shape index (κ2) is 18.2. The van der Waals surface area contributed by atoms with E-state index < -0.39 is 30.2 Å². The standard InChI is InChI=1S/2C28H23BrO2S/c2*1-19-11-14-23(15-12-19)32(30,31)26-17-22(18-29)25-16-13-20-7-5-6-10-24(20)28(25)27(26)21-8-3-2-4-9-21/h2*2-16,18,26-27H,17H2,1H3/b2*22-18+/t2*26-,27+/m10/s1. The lowest BCUT2D eigenvalue weighted by molar-refractivity contribution is 0.564. The zero-order chi connectivity index (χ0) is 44.6. The summed E-state index contributed by atoms with van der Waals surface area (Å²) in [6, 6.07) is 59.6. The first-order chi connectivity index (χ1) is 31.0. The average Bonchev–Trinajstić information content (AvgIpc) is 3.33. The molecule has 4 nitrogen and oxygen atoms in total. The highest BCUT2D eigenvalue weighted by atomic mass is 79.9. The van der Waals surface area contributed by atoms with E-state index in [1.807, 2.05) is 109 Å². The summed E-state index contributed by atoms with van der Waals surface area (Å²) < 4.78 is 56.2. The van der Waals surface area contributed by atoms with Crippen molar-refractivity contribution in [2.24, 2.45) is 0 Å². The van der Waals surface area contributed by atoms with Gasteiger partial charge in [-0.15, -0.1) is 0 Å². The third kappa shape index (κ3) is 8.15. The van der Waals surface area contributed by atoms with Gasteiger partial charge in [-0.1, -0.05) is 201 Å². The normalized spacial score (nSPS) is 19.8. The average molecular weight is 1010 g/mol. The number of fused-ring (bicyclic) bond motifs is 6. The molecule has 0 aliphatic heterocycles. The Kier molecular flexibility index (Phi) is 12.5. The molecule has 0 bridgehead atoms. The molecule has 8 aromatic carbocycles. The largest absolute Gasteiger partial charge is 0.223 e. The van der Waals surface area contributed by atoms with Crippen molar-refractivity contribution in [2.75, 3.05) is 0 Å². The number of aryl methyl sites for hydroxylation is 2. The van der Waals surface area contributed by atoms with Gasteiger partial charge in [-0.05, 0) is 127 Å². The zero-order valence-corrected chi connectivity index (χ0v) is 40.2. The molecule has 2 aliphatic carbocycles. The van der Waals surface area contributed by atoms with E-state index in [9.17, 15) is 16.8 Å². The van der Waals surface area contributed by atoms with Crippen LogP contribution in [0, 0.1) is 13.8 Å². The van der Waals surface area contributed by atoms with Gasteiger partial charge in [0.2, 0.25) is 0 Å². The Labute approximate surface area is 393 Å². The molecular formula is C56H46Br2O4S2. The summed E-state index contributed by atoms with van der Waals surface area (Å²) in [6.45, 7) is 3.94. The number of sulfone groups is 2. The maximum Gasteiger partial charge on any atom is 0.182 e. The van der Waals surface area contributed by atoms with E-state index in [4.69, 9.17) is 0 Å². The van der Waals surface area contributed by atoms with E-state index in [-0.39, 0.29) is 11.8 Å². The van der Waals surface area contributed by atoms with Crippen molar-refractivity contribution in [1.82, 2.24) is 0 Å². The maximum atomic E-state index is 14.0. The summed E-state index contributed by atoms with van der Waals surface area (Å²) in [7, 11) is -7.18. The van der Waals surface area contributed by atoms with E-state index in [2.05, 4.69) is 105 Å². The molecule has 0 heterocycles. The minimum Gasteiger partial charge on any atom is -0.223 e. The van der Waals surface area contributed by atoms with Crippen molar-refractivity contribution in [2.45, 2.75) is 58.8 Å². The van der Waals surface area contributed by atoms with Crippen molar-refractivity contribution < 1.29 is 16.8 Å². The van der Waals surface area contributed by atoms with Gasteiger partial charge in [0.1, 0.15) is 0 Å². The molecule has 320 valence electrons. The summed E-state index contributed by atoms with van der Waals surface area (Å²) in [4.78, 5) is 4.54. The molecule has 0 aromatic heterocycles. The molecule has 10 rings (SSSR count). The molecule has 0 saturated carbocycles. The summed E-state index contributed by atoms with van der Waals surface area (Å²) in [5.74, 6) is -0.528. The molecule has 0 saturated heterocycles. The van der Waals surface area contributed by atoms with Gasteiger partial charge in [-0.25, -0.2) is 16.8 Å². The topological polar surface area (TPSA) is 68.3 Å². The molecule has 2 aliphatic rings. The van der Waals surface area contributed by atoms with Gasteiger partial charge in [-0.2, -0.15) is 0 Å². The van der Waals surface area contributed by atoms with Crippen LogP contribution in [0.4, 0.5) is 0 Å².